The van der Waals surface area contributed by atoms with Crippen LogP contribution in [0.25, 0.3) is 22.6 Å². The lowest BCUT2D eigenvalue weighted by atomic mass is 9.98. The topological polar surface area (TPSA) is 26.0 Å². The minimum absolute atomic E-state index is 0.152. The molecule has 0 radical (unpaired) electrons. The maximum Gasteiger partial charge on any atom is 0.348 e. The fourth-order valence-corrected chi connectivity index (χ4v) is 10.9. The molecule has 0 aliphatic rings. The monoisotopic (exact) mass is 569 g/mol. The zero-order valence-corrected chi connectivity index (χ0v) is 23.4. The number of benzene rings is 2. The molecule has 2 aromatic carbocycles. The summed E-state index contributed by atoms with van der Waals surface area (Å²) in [4.78, 5) is 0. The molecule has 1 aromatic heterocycles. The van der Waals surface area contributed by atoms with Crippen LogP contribution >= 0.6 is 66.5 Å². The molecule has 0 fully saturated rings. The van der Waals surface area contributed by atoms with E-state index in [4.69, 9.17) is 71.0 Å². The molecular weight excluding hydrogens is 551 g/mol. The van der Waals surface area contributed by atoms with Crippen LogP contribution in [0.3, 0.4) is 0 Å². The third-order valence-corrected chi connectivity index (χ3v) is 13.1. The molecule has 2 nitrogen and oxygen atoms in total. The van der Waals surface area contributed by atoms with Crippen molar-refractivity contribution in [3.63, 3.8) is 0 Å². The van der Waals surface area contributed by atoms with E-state index in [1.54, 1.807) is 0 Å². The molecule has 0 spiro atoms. The molecule has 0 bridgehead atoms. The first-order valence-corrected chi connectivity index (χ1v) is 20.1. The van der Waals surface area contributed by atoms with E-state index in [9.17, 15) is 0 Å². The van der Waals surface area contributed by atoms with Gasteiger partial charge in [-0.15, -0.1) is 66.5 Å². The molecule has 0 N–H and O–H groups in total. The third kappa shape index (κ3) is 5.85. The standard InChI is InChI=1S/C21H21Cl6NOSi2/c1-3-20(30(22,23)24)16-11-7-5-9-14(16)18-13-19(29-28-18)15-10-6-8-12-17(15)21(4-2)31(25,26)27/h5-13,20-21H,3-4H2,1-2H3. The second-order valence-electron chi connectivity index (χ2n) is 7.26. The summed E-state index contributed by atoms with van der Waals surface area (Å²) in [7, 11) is 0. The zero-order chi connectivity index (χ0) is 22.8. The van der Waals surface area contributed by atoms with E-state index in [-0.39, 0.29) is 11.1 Å². The lowest BCUT2D eigenvalue weighted by molar-refractivity contribution is 0.434. The van der Waals surface area contributed by atoms with Gasteiger partial charge in [0.15, 0.2) is 5.76 Å². The van der Waals surface area contributed by atoms with Crippen LogP contribution in [0, 0.1) is 0 Å². The summed E-state index contributed by atoms with van der Waals surface area (Å²) in [6, 6.07) is 11.6. The Morgan fingerprint density at radius 3 is 1.68 bits per heavy atom. The van der Waals surface area contributed by atoms with Crippen LogP contribution in [-0.2, 0) is 0 Å². The van der Waals surface area contributed by atoms with Crippen molar-refractivity contribution in [2.24, 2.45) is 0 Å². The molecule has 3 aromatic rings. The lowest BCUT2D eigenvalue weighted by Gasteiger charge is -2.23. The van der Waals surface area contributed by atoms with Gasteiger partial charge in [-0.3, -0.25) is 0 Å². The van der Waals surface area contributed by atoms with E-state index in [0.717, 1.165) is 35.1 Å². The van der Waals surface area contributed by atoms with Gasteiger partial charge >= 0.3 is 12.0 Å². The number of hydrogen-bond donors (Lipinski definition) is 0. The molecule has 10 heteroatoms. The molecule has 0 amide bonds. The zero-order valence-electron chi connectivity index (χ0n) is 16.9. The van der Waals surface area contributed by atoms with Crippen molar-refractivity contribution in [2.75, 3.05) is 0 Å². The SMILES string of the molecule is CCC(c1ccccc1-c1cc(-c2ccccc2C(CC)[Si](Cl)(Cl)Cl)on1)[Si](Cl)(Cl)Cl. The summed E-state index contributed by atoms with van der Waals surface area (Å²) < 4.78 is 5.76. The lowest BCUT2D eigenvalue weighted by Crippen LogP contribution is -2.23. The van der Waals surface area contributed by atoms with Gasteiger partial charge in [0, 0.05) is 28.3 Å². The second-order valence-corrected chi connectivity index (χ2v) is 25.0. The fraction of sp³-hybridized carbons (Fsp3) is 0.286. The Kier molecular flexibility index (Phi) is 8.53. The first kappa shape index (κ1) is 25.4. The minimum Gasteiger partial charge on any atom is -0.356 e. The summed E-state index contributed by atoms with van der Waals surface area (Å²) in [6.07, 6.45) is 1.44. The Hall–Kier alpha value is -0.176. The average molecular weight is 572 g/mol. The van der Waals surface area contributed by atoms with Crippen molar-refractivity contribution in [3.8, 4) is 22.6 Å². The van der Waals surface area contributed by atoms with Gasteiger partial charge in [0.05, 0.1) is 0 Å². The van der Waals surface area contributed by atoms with Crippen LogP contribution in [-0.4, -0.2) is 17.2 Å². The molecule has 0 saturated carbocycles. The Balaban J connectivity index is 2.08. The highest BCUT2D eigenvalue weighted by Crippen LogP contribution is 2.45. The van der Waals surface area contributed by atoms with Gasteiger partial charge in [0.1, 0.15) is 5.69 Å². The predicted molar refractivity (Wildman–Crippen MR) is 140 cm³/mol. The van der Waals surface area contributed by atoms with Crippen LogP contribution in [0.4, 0.5) is 0 Å². The number of hydrogen-bond acceptors (Lipinski definition) is 2. The quantitative estimate of drug-likeness (QED) is 0.199. The maximum absolute atomic E-state index is 6.40. The summed E-state index contributed by atoms with van der Waals surface area (Å²) in [5.74, 6) is 0.612. The van der Waals surface area contributed by atoms with Gasteiger partial charge in [-0.1, -0.05) is 67.5 Å². The Bertz CT molecular complexity index is 951. The van der Waals surface area contributed by atoms with Gasteiger partial charge in [0.25, 0.3) is 0 Å². The van der Waals surface area contributed by atoms with Crippen molar-refractivity contribution in [3.05, 3.63) is 65.7 Å². The third-order valence-electron chi connectivity index (χ3n) is 5.33. The fourth-order valence-electron chi connectivity index (χ4n) is 3.84. The molecule has 0 aliphatic carbocycles. The van der Waals surface area contributed by atoms with E-state index in [1.165, 1.54) is 0 Å². The maximum atomic E-state index is 6.40. The largest absolute Gasteiger partial charge is 0.356 e. The van der Waals surface area contributed by atoms with Crippen LogP contribution in [0.5, 0.6) is 0 Å². The highest BCUT2D eigenvalue weighted by Gasteiger charge is 2.39. The highest BCUT2D eigenvalue weighted by atomic mass is 35.8. The predicted octanol–water partition coefficient (Wildman–Crippen LogP) is 9.38. The van der Waals surface area contributed by atoms with E-state index in [2.05, 4.69) is 5.16 Å². The van der Waals surface area contributed by atoms with E-state index in [0.29, 0.717) is 11.5 Å². The summed E-state index contributed by atoms with van der Waals surface area (Å²) >= 11 is 38.4. The van der Waals surface area contributed by atoms with Crippen molar-refractivity contribution < 1.29 is 4.52 Å². The van der Waals surface area contributed by atoms with Gasteiger partial charge in [-0.05, 0) is 24.0 Å². The minimum atomic E-state index is -2.98. The van der Waals surface area contributed by atoms with E-state index in [1.807, 2.05) is 68.4 Å². The van der Waals surface area contributed by atoms with Gasteiger partial charge in [-0.25, -0.2) is 0 Å². The molecule has 3 rings (SSSR count). The summed E-state index contributed by atoms with van der Waals surface area (Å²) in [5.41, 5.74) is 4.05. The Morgan fingerprint density at radius 2 is 1.19 bits per heavy atom. The number of rotatable bonds is 8. The van der Waals surface area contributed by atoms with Gasteiger partial charge in [0.2, 0.25) is 0 Å². The van der Waals surface area contributed by atoms with Crippen molar-refractivity contribution in [2.45, 2.75) is 37.8 Å². The first-order chi connectivity index (χ1) is 14.6. The Morgan fingerprint density at radius 1 is 0.742 bits per heavy atom. The van der Waals surface area contributed by atoms with E-state index < -0.39 is 12.0 Å². The molecule has 31 heavy (non-hydrogen) atoms. The summed E-state index contributed by atoms with van der Waals surface area (Å²) in [5, 5.41) is 4.33. The molecule has 166 valence electrons. The number of aromatic nitrogens is 1. The average Bonchev–Trinajstić information content (AvgIpc) is 3.17. The summed E-state index contributed by atoms with van der Waals surface area (Å²) in [6.45, 7) is 4.04. The van der Waals surface area contributed by atoms with Crippen molar-refractivity contribution in [1.29, 1.82) is 0 Å². The highest BCUT2D eigenvalue weighted by molar-refractivity contribution is 7.65. The molecular formula is C21H21Cl6NOSi2. The van der Waals surface area contributed by atoms with E-state index >= 15 is 0 Å². The molecule has 0 saturated heterocycles. The second kappa shape index (κ2) is 10.4. The molecule has 0 aliphatic heterocycles. The number of nitrogens with zero attached hydrogens (tertiary/aromatic N) is 1. The first-order valence-electron chi connectivity index (χ1n) is 9.86. The van der Waals surface area contributed by atoms with Crippen LogP contribution in [0.15, 0.2) is 59.1 Å². The molecule has 2 atom stereocenters. The van der Waals surface area contributed by atoms with Crippen LogP contribution in [0.1, 0.15) is 48.9 Å². The number of halogens is 6. The van der Waals surface area contributed by atoms with Crippen molar-refractivity contribution >= 4 is 78.5 Å². The molecule has 1 heterocycles. The Labute approximate surface area is 213 Å². The van der Waals surface area contributed by atoms with Gasteiger partial charge < -0.3 is 4.52 Å². The smallest absolute Gasteiger partial charge is 0.348 e. The van der Waals surface area contributed by atoms with Crippen molar-refractivity contribution in [1.82, 2.24) is 5.16 Å². The van der Waals surface area contributed by atoms with Gasteiger partial charge in [-0.2, -0.15) is 0 Å². The van der Waals surface area contributed by atoms with Crippen LogP contribution < -0.4 is 0 Å². The van der Waals surface area contributed by atoms with Crippen LogP contribution in [0.2, 0.25) is 0 Å². The molecule has 2 unspecified atom stereocenters. The normalized spacial score (nSPS) is 14.5.